The second-order valence-electron chi connectivity index (χ2n) is 6.16. The molecule has 25 heavy (non-hydrogen) atoms. The highest BCUT2D eigenvalue weighted by molar-refractivity contribution is 5.95. The third-order valence-corrected chi connectivity index (χ3v) is 3.92. The Morgan fingerprint density at radius 1 is 0.960 bits per heavy atom. The van der Waals surface area contributed by atoms with Crippen molar-refractivity contribution in [1.82, 2.24) is 0 Å². The first-order chi connectivity index (χ1) is 12.2. The van der Waals surface area contributed by atoms with Crippen molar-refractivity contribution in [2.45, 2.75) is 25.7 Å². The van der Waals surface area contributed by atoms with E-state index in [1.807, 2.05) is 48.5 Å². The fourth-order valence-electron chi connectivity index (χ4n) is 2.43. The van der Waals surface area contributed by atoms with Gasteiger partial charge in [0.25, 0.3) is 0 Å². The fourth-order valence-corrected chi connectivity index (χ4v) is 2.43. The van der Waals surface area contributed by atoms with Crippen molar-refractivity contribution >= 4 is 23.2 Å². The normalized spacial score (nSPS) is 13.1. The maximum absolute atomic E-state index is 12.0. The Kier molecular flexibility index (Phi) is 5.67. The Morgan fingerprint density at radius 2 is 1.68 bits per heavy atom. The molecule has 0 unspecified atom stereocenters. The van der Waals surface area contributed by atoms with Gasteiger partial charge in [0.15, 0.2) is 0 Å². The van der Waals surface area contributed by atoms with E-state index in [1.54, 1.807) is 6.07 Å². The lowest BCUT2D eigenvalue weighted by molar-refractivity contribution is -0.117. The number of amides is 2. The average Bonchev–Trinajstić information content (AvgIpc) is 3.45. The number of nitrogens with one attached hydrogen (secondary N) is 2. The smallest absolute Gasteiger partial charge is 0.227 e. The van der Waals surface area contributed by atoms with E-state index in [2.05, 4.69) is 10.6 Å². The number of anilines is 2. The standard InChI is InChI=1S/C20H22N2O3/c23-19(10-5-13-25-18-8-2-1-3-9-18)21-16-6-4-7-17(14-16)22-20(24)15-11-12-15/h1-4,6-9,14-15H,5,10-13H2,(H,21,23)(H,22,24). The molecule has 0 radical (unpaired) electrons. The molecular weight excluding hydrogens is 316 g/mol. The molecule has 0 atom stereocenters. The molecule has 1 saturated carbocycles. The number of rotatable bonds is 8. The van der Waals surface area contributed by atoms with Gasteiger partial charge in [0.1, 0.15) is 5.75 Å². The van der Waals surface area contributed by atoms with E-state index in [-0.39, 0.29) is 17.7 Å². The Balaban J connectivity index is 1.40. The molecule has 0 saturated heterocycles. The zero-order valence-corrected chi connectivity index (χ0v) is 14.0. The van der Waals surface area contributed by atoms with Crippen LogP contribution in [0.3, 0.4) is 0 Å². The molecule has 0 heterocycles. The van der Waals surface area contributed by atoms with Crippen LogP contribution in [-0.4, -0.2) is 18.4 Å². The van der Waals surface area contributed by atoms with Crippen LogP contribution in [0.25, 0.3) is 0 Å². The number of hydrogen-bond acceptors (Lipinski definition) is 3. The topological polar surface area (TPSA) is 67.4 Å². The monoisotopic (exact) mass is 338 g/mol. The predicted octanol–water partition coefficient (Wildman–Crippen LogP) is 3.83. The van der Waals surface area contributed by atoms with Gasteiger partial charge in [-0.3, -0.25) is 9.59 Å². The molecular formula is C20H22N2O3. The lowest BCUT2D eigenvalue weighted by Gasteiger charge is -2.09. The maximum atomic E-state index is 12.0. The molecule has 0 spiro atoms. The molecule has 2 aromatic rings. The van der Waals surface area contributed by atoms with Crippen molar-refractivity contribution in [2.24, 2.45) is 5.92 Å². The van der Waals surface area contributed by atoms with Gasteiger partial charge >= 0.3 is 0 Å². The summed E-state index contributed by atoms with van der Waals surface area (Å²) in [6.07, 6.45) is 2.95. The second kappa shape index (κ2) is 8.33. The van der Waals surface area contributed by atoms with Crippen LogP contribution in [0.2, 0.25) is 0 Å². The van der Waals surface area contributed by atoms with E-state index >= 15 is 0 Å². The first kappa shape index (κ1) is 17.0. The number of benzene rings is 2. The summed E-state index contributed by atoms with van der Waals surface area (Å²) in [7, 11) is 0. The fraction of sp³-hybridized carbons (Fsp3) is 0.300. The quantitative estimate of drug-likeness (QED) is 0.719. The highest BCUT2D eigenvalue weighted by Crippen LogP contribution is 2.30. The predicted molar refractivity (Wildman–Crippen MR) is 97.6 cm³/mol. The van der Waals surface area contributed by atoms with Gasteiger partial charge in [-0.05, 0) is 49.6 Å². The molecule has 5 nitrogen and oxygen atoms in total. The highest BCUT2D eigenvalue weighted by Gasteiger charge is 2.29. The minimum Gasteiger partial charge on any atom is -0.494 e. The van der Waals surface area contributed by atoms with Gasteiger partial charge in [-0.25, -0.2) is 0 Å². The number of hydrogen-bond donors (Lipinski definition) is 2. The van der Waals surface area contributed by atoms with Gasteiger partial charge < -0.3 is 15.4 Å². The molecule has 1 aliphatic carbocycles. The van der Waals surface area contributed by atoms with Crippen LogP contribution in [-0.2, 0) is 9.59 Å². The Hall–Kier alpha value is -2.82. The Labute approximate surface area is 147 Å². The first-order valence-corrected chi connectivity index (χ1v) is 8.59. The van der Waals surface area contributed by atoms with Crippen molar-refractivity contribution in [1.29, 1.82) is 0 Å². The van der Waals surface area contributed by atoms with Crippen LogP contribution in [0.15, 0.2) is 54.6 Å². The van der Waals surface area contributed by atoms with Crippen LogP contribution in [0.4, 0.5) is 11.4 Å². The molecule has 130 valence electrons. The number of carbonyl (C=O) groups excluding carboxylic acids is 2. The van der Waals surface area contributed by atoms with Crippen molar-refractivity contribution in [2.75, 3.05) is 17.2 Å². The summed E-state index contributed by atoms with van der Waals surface area (Å²) in [4.78, 5) is 23.8. The van der Waals surface area contributed by atoms with E-state index in [9.17, 15) is 9.59 Å². The molecule has 2 aromatic carbocycles. The number of para-hydroxylation sites is 1. The lowest BCUT2D eigenvalue weighted by atomic mass is 10.2. The highest BCUT2D eigenvalue weighted by atomic mass is 16.5. The van der Waals surface area contributed by atoms with Crippen LogP contribution in [0.1, 0.15) is 25.7 Å². The summed E-state index contributed by atoms with van der Waals surface area (Å²) in [5, 5.41) is 5.73. The molecule has 5 heteroatoms. The summed E-state index contributed by atoms with van der Waals surface area (Å²) >= 11 is 0. The summed E-state index contributed by atoms with van der Waals surface area (Å²) in [5.74, 6) is 0.953. The van der Waals surface area contributed by atoms with E-state index < -0.39 is 0 Å². The largest absolute Gasteiger partial charge is 0.494 e. The van der Waals surface area contributed by atoms with Gasteiger partial charge in [0.05, 0.1) is 6.61 Å². The zero-order valence-electron chi connectivity index (χ0n) is 14.0. The van der Waals surface area contributed by atoms with Crippen LogP contribution >= 0.6 is 0 Å². The van der Waals surface area contributed by atoms with Gasteiger partial charge in [0.2, 0.25) is 11.8 Å². The molecule has 2 N–H and O–H groups in total. The van der Waals surface area contributed by atoms with Gasteiger partial charge in [-0.2, -0.15) is 0 Å². The minimum absolute atomic E-state index is 0.0570. The van der Waals surface area contributed by atoms with Gasteiger partial charge in [-0.15, -0.1) is 0 Å². The molecule has 1 aliphatic rings. The van der Waals surface area contributed by atoms with Crippen molar-refractivity contribution in [3.05, 3.63) is 54.6 Å². The number of ether oxygens (including phenoxy) is 1. The number of carbonyl (C=O) groups is 2. The minimum atomic E-state index is -0.0673. The molecule has 0 aromatic heterocycles. The van der Waals surface area contributed by atoms with Crippen molar-refractivity contribution in [3.63, 3.8) is 0 Å². The SMILES string of the molecule is O=C(CCCOc1ccccc1)Nc1cccc(NC(=O)C2CC2)c1. The second-order valence-corrected chi connectivity index (χ2v) is 6.16. The third-order valence-electron chi connectivity index (χ3n) is 3.92. The van der Waals surface area contributed by atoms with E-state index in [1.165, 1.54) is 0 Å². The van der Waals surface area contributed by atoms with E-state index in [0.717, 1.165) is 18.6 Å². The Morgan fingerprint density at radius 3 is 2.40 bits per heavy atom. The molecule has 3 rings (SSSR count). The van der Waals surface area contributed by atoms with Gasteiger partial charge in [0, 0.05) is 23.7 Å². The average molecular weight is 338 g/mol. The van der Waals surface area contributed by atoms with E-state index in [0.29, 0.717) is 30.8 Å². The van der Waals surface area contributed by atoms with Crippen LogP contribution in [0, 0.1) is 5.92 Å². The molecule has 0 aliphatic heterocycles. The molecule has 1 fully saturated rings. The molecule has 0 bridgehead atoms. The van der Waals surface area contributed by atoms with E-state index in [4.69, 9.17) is 4.74 Å². The summed E-state index contributed by atoms with van der Waals surface area (Å²) in [5.41, 5.74) is 1.39. The maximum Gasteiger partial charge on any atom is 0.227 e. The molecule has 2 amide bonds. The zero-order chi connectivity index (χ0) is 17.5. The van der Waals surface area contributed by atoms with Crippen molar-refractivity contribution < 1.29 is 14.3 Å². The van der Waals surface area contributed by atoms with Crippen LogP contribution < -0.4 is 15.4 Å². The lowest BCUT2D eigenvalue weighted by Crippen LogP contribution is -2.15. The van der Waals surface area contributed by atoms with Crippen molar-refractivity contribution in [3.8, 4) is 5.75 Å². The summed E-state index contributed by atoms with van der Waals surface area (Å²) < 4.78 is 5.57. The van der Waals surface area contributed by atoms with Crippen LogP contribution in [0.5, 0.6) is 5.75 Å². The third kappa shape index (κ3) is 5.64. The first-order valence-electron chi connectivity index (χ1n) is 8.59. The summed E-state index contributed by atoms with van der Waals surface area (Å²) in [6.45, 7) is 0.495. The summed E-state index contributed by atoms with van der Waals surface area (Å²) in [6, 6.07) is 16.8. The Bertz CT molecular complexity index is 727. The van der Waals surface area contributed by atoms with Gasteiger partial charge in [-0.1, -0.05) is 24.3 Å².